The first-order chi connectivity index (χ1) is 7.31. The molecule has 2 N–H and O–H groups in total. The highest BCUT2D eigenvalue weighted by Crippen LogP contribution is 2.00. The molecule has 1 aromatic heterocycles. The van der Waals surface area contributed by atoms with Gasteiger partial charge in [-0.2, -0.15) is 5.10 Å². The Kier molecular flexibility index (Phi) is 5.28. The van der Waals surface area contributed by atoms with E-state index in [0.29, 0.717) is 19.8 Å². The summed E-state index contributed by atoms with van der Waals surface area (Å²) in [5.41, 5.74) is 5.33. The van der Waals surface area contributed by atoms with Gasteiger partial charge in [0.25, 0.3) is 0 Å². The van der Waals surface area contributed by atoms with Gasteiger partial charge in [0.1, 0.15) is 5.82 Å². The zero-order chi connectivity index (χ0) is 11.1. The Labute approximate surface area is 90.6 Å². The van der Waals surface area contributed by atoms with Crippen LogP contribution in [0.3, 0.4) is 0 Å². The van der Waals surface area contributed by atoms with E-state index in [1.165, 1.54) is 0 Å². The van der Waals surface area contributed by atoms with Gasteiger partial charge < -0.3 is 10.5 Å². The summed E-state index contributed by atoms with van der Waals surface area (Å²) in [6.45, 7) is 6.73. The Morgan fingerprint density at radius 2 is 2.07 bits per heavy atom. The first kappa shape index (κ1) is 12.1. The van der Waals surface area contributed by atoms with Crippen LogP contribution in [0.25, 0.3) is 0 Å². The SMILES string of the molecule is CCc1nc(CC)n(CCOCCN)n1. The van der Waals surface area contributed by atoms with E-state index in [2.05, 4.69) is 23.9 Å². The molecule has 86 valence electrons. The Hall–Kier alpha value is -0.940. The molecule has 0 unspecified atom stereocenters. The number of aromatic nitrogens is 3. The predicted octanol–water partition coefficient (Wildman–Crippen LogP) is 0.378. The molecule has 0 aliphatic rings. The maximum absolute atomic E-state index is 5.33. The molecule has 5 heteroatoms. The van der Waals surface area contributed by atoms with E-state index in [9.17, 15) is 0 Å². The topological polar surface area (TPSA) is 66.0 Å². The van der Waals surface area contributed by atoms with Crippen molar-refractivity contribution in [2.45, 2.75) is 33.2 Å². The van der Waals surface area contributed by atoms with Gasteiger partial charge in [-0.3, -0.25) is 0 Å². The Bertz CT molecular complexity index is 285. The molecule has 0 saturated carbocycles. The number of rotatable bonds is 7. The quantitative estimate of drug-likeness (QED) is 0.663. The second-order valence-electron chi connectivity index (χ2n) is 3.28. The third-order valence-electron chi connectivity index (χ3n) is 2.13. The summed E-state index contributed by atoms with van der Waals surface area (Å²) in [5.74, 6) is 1.94. The lowest BCUT2D eigenvalue weighted by Gasteiger charge is -2.04. The van der Waals surface area contributed by atoms with E-state index < -0.39 is 0 Å². The van der Waals surface area contributed by atoms with Crippen LogP contribution in [-0.2, 0) is 24.1 Å². The summed E-state index contributed by atoms with van der Waals surface area (Å²) in [7, 11) is 0. The zero-order valence-corrected chi connectivity index (χ0v) is 9.57. The van der Waals surface area contributed by atoms with Crippen molar-refractivity contribution < 1.29 is 4.74 Å². The number of hydrogen-bond donors (Lipinski definition) is 1. The minimum Gasteiger partial charge on any atom is -0.378 e. The van der Waals surface area contributed by atoms with Crippen LogP contribution < -0.4 is 5.73 Å². The van der Waals surface area contributed by atoms with Crippen molar-refractivity contribution in [2.75, 3.05) is 19.8 Å². The smallest absolute Gasteiger partial charge is 0.150 e. The van der Waals surface area contributed by atoms with Gasteiger partial charge in [-0.1, -0.05) is 13.8 Å². The van der Waals surface area contributed by atoms with Crippen molar-refractivity contribution in [3.8, 4) is 0 Å². The van der Waals surface area contributed by atoms with Crippen molar-refractivity contribution >= 4 is 0 Å². The van der Waals surface area contributed by atoms with E-state index in [1.807, 2.05) is 4.68 Å². The molecule has 1 heterocycles. The Balaban J connectivity index is 2.47. The monoisotopic (exact) mass is 212 g/mol. The Morgan fingerprint density at radius 3 is 2.67 bits per heavy atom. The lowest BCUT2D eigenvalue weighted by atomic mass is 10.4. The average molecular weight is 212 g/mol. The van der Waals surface area contributed by atoms with Crippen molar-refractivity contribution in [1.29, 1.82) is 0 Å². The van der Waals surface area contributed by atoms with E-state index >= 15 is 0 Å². The number of hydrogen-bond acceptors (Lipinski definition) is 4. The molecule has 0 spiro atoms. The van der Waals surface area contributed by atoms with Crippen molar-refractivity contribution in [2.24, 2.45) is 5.73 Å². The fourth-order valence-corrected chi connectivity index (χ4v) is 1.35. The van der Waals surface area contributed by atoms with E-state index in [0.717, 1.165) is 31.0 Å². The molecular weight excluding hydrogens is 192 g/mol. The van der Waals surface area contributed by atoms with Gasteiger partial charge >= 0.3 is 0 Å². The van der Waals surface area contributed by atoms with E-state index in [-0.39, 0.29) is 0 Å². The van der Waals surface area contributed by atoms with Crippen LogP contribution in [0.1, 0.15) is 25.5 Å². The normalized spacial score (nSPS) is 10.9. The van der Waals surface area contributed by atoms with Crippen LogP contribution in [0.5, 0.6) is 0 Å². The lowest BCUT2D eigenvalue weighted by Crippen LogP contribution is -2.14. The van der Waals surface area contributed by atoms with Crippen LogP contribution in [0, 0.1) is 0 Å². The molecule has 5 nitrogen and oxygen atoms in total. The lowest BCUT2D eigenvalue weighted by molar-refractivity contribution is 0.130. The molecule has 0 aromatic carbocycles. The summed E-state index contributed by atoms with van der Waals surface area (Å²) in [6, 6.07) is 0. The second kappa shape index (κ2) is 6.53. The number of nitrogens with two attached hydrogens (primary N) is 1. The highest BCUT2D eigenvalue weighted by Gasteiger charge is 2.05. The van der Waals surface area contributed by atoms with Crippen LogP contribution in [0.2, 0.25) is 0 Å². The second-order valence-corrected chi connectivity index (χ2v) is 3.28. The number of aryl methyl sites for hydroxylation is 2. The van der Waals surface area contributed by atoms with Crippen LogP contribution in [0.15, 0.2) is 0 Å². The van der Waals surface area contributed by atoms with Crippen LogP contribution >= 0.6 is 0 Å². The number of ether oxygens (including phenoxy) is 1. The summed E-state index contributed by atoms with van der Waals surface area (Å²) in [5, 5.41) is 4.39. The first-order valence-corrected chi connectivity index (χ1v) is 5.52. The van der Waals surface area contributed by atoms with E-state index in [1.54, 1.807) is 0 Å². The van der Waals surface area contributed by atoms with Crippen LogP contribution in [0.4, 0.5) is 0 Å². The molecule has 0 bridgehead atoms. The van der Waals surface area contributed by atoms with Crippen molar-refractivity contribution in [3.05, 3.63) is 11.6 Å². The maximum atomic E-state index is 5.33. The average Bonchev–Trinajstić information content (AvgIpc) is 2.67. The largest absolute Gasteiger partial charge is 0.378 e. The fraction of sp³-hybridized carbons (Fsp3) is 0.800. The summed E-state index contributed by atoms with van der Waals surface area (Å²) in [6.07, 6.45) is 1.79. The molecule has 0 radical (unpaired) electrons. The molecule has 0 amide bonds. The van der Waals surface area contributed by atoms with Crippen molar-refractivity contribution in [1.82, 2.24) is 14.8 Å². The molecule has 15 heavy (non-hydrogen) atoms. The minimum absolute atomic E-state index is 0.568. The molecule has 0 aliphatic heterocycles. The van der Waals surface area contributed by atoms with Gasteiger partial charge in [-0.05, 0) is 0 Å². The zero-order valence-electron chi connectivity index (χ0n) is 9.57. The van der Waals surface area contributed by atoms with E-state index in [4.69, 9.17) is 10.5 Å². The number of nitrogens with zero attached hydrogens (tertiary/aromatic N) is 3. The standard InChI is InChI=1S/C10H20N4O/c1-3-9-12-10(4-2)14(13-9)6-8-15-7-5-11/h3-8,11H2,1-2H3. The van der Waals surface area contributed by atoms with Gasteiger partial charge in [-0.25, -0.2) is 9.67 Å². The summed E-state index contributed by atoms with van der Waals surface area (Å²) < 4.78 is 7.24. The van der Waals surface area contributed by atoms with Gasteiger partial charge in [0.05, 0.1) is 19.8 Å². The fourth-order valence-electron chi connectivity index (χ4n) is 1.35. The molecule has 1 rings (SSSR count). The van der Waals surface area contributed by atoms with Gasteiger partial charge in [0.2, 0.25) is 0 Å². The molecular formula is C10H20N4O. The third-order valence-corrected chi connectivity index (χ3v) is 2.13. The molecule has 1 aromatic rings. The predicted molar refractivity (Wildman–Crippen MR) is 58.7 cm³/mol. The first-order valence-electron chi connectivity index (χ1n) is 5.52. The molecule has 0 aliphatic carbocycles. The molecule has 0 saturated heterocycles. The highest BCUT2D eigenvalue weighted by atomic mass is 16.5. The molecule has 0 atom stereocenters. The van der Waals surface area contributed by atoms with Crippen molar-refractivity contribution in [3.63, 3.8) is 0 Å². The summed E-state index contributed by atoms with van der Waals surface area (Å²) in [4.78, 5) is 4.42. The van der Waals surface area contributed by atoms with Gasteiger partial charge in [0, 0.05) is 19.4 Å². The molecule has 0 fully saturated rings. The van der Waals surface area contributed by atoms with Gasteiger partial charge in [0.15, 0.2) is 5.82 Å². The Morgan fingerprint density at radius 1 is 1.27 bits per heavy atom. The highest BCUT2D eigenvalue weighted by molar-refractivity contribution is 4.92. The third kappa shape index (κ3) is 3.60. The minimum atomic E-state index is 0.568. The van der Waals surface area contributed by atoms with Gasteiger partial charge in [-0.15, -0.1) is 0 Å². The maximum Gasteiger partial charge on any atom is 0.150 e. The summed E-state index contributed by atoms with van der Waals surface area (Å²) >= 11 is 0. The van der Waals surface area contributed by atoms with Crippen LogP contribution in [-0.4, -0.2) is 34.5 Å².